The molecule has 0 saturated heterocycles. The number of nitrogens with zero attached hydrogens (tertiary/aromatic N) is 1. The highest BCUT2D eigenvalue weighted by atomic mass is 14.9. The lowest BCUT2D eigenvalue weighted by molar-refractivity contribution is 0.484. The van der Waals surface area contributed by atoms with Crippen LogP contribution in [0, 0.1) is 11.3 Å². The lowest BCUT2D eigenvalue weighted by Gasteiger charge is -2.14. The number of nitriles is 1. The molecule has 0 spiro atoms. The summed E-state index contributed by atoms with van der Waals surface area (Å²) in [6, 6.07) is 10.5. The Bertz CT molecular complexity index is 335. The molecule has 0 aliphatic heterocycles. The molecule has 2 heteroatoms. The summed E-state index contributed by atoms with van der Waals surface area (Å²) in [5.74, 6) is 0. The van der Waals surface area contributed by atoms with E-state index in [1.165, 1.54) is 5.56 Å². The van der Waals surface area contributed by atoms with E-state index < -0.39 is 0 Å². The van der Waals surface area contributed by atoms with E-state index in [0.29, 0.717) is 6.04 Å². The molecule has 0 atom stereocenters. The predicted octanol–water partition coefficient (Wildman–Crippen LogP) is 2.84. The SMILES string of the molecule is CCC(CC)NCc1cccc(C#N)c1. The van der Waals surface area contributed by atoms with E-state index in [2.05, 4.69) is 31.3 Å². The van der Waals surface area contributed by atoms with Crippen molar-refractivity contribution in [2.24, 2.45) is 0 Å². The molecule has 0 radical (unpaired) electrons. The predicted molar refractivity (Wildman–Crippen MR) is 62.4 cm³/mol. The van der Waals surface area contributed by atoms with Crippen LogP contribution in [0.5, 0.6) is 0 Å². The number of hydrogen-bond donors (Lipinski definition) is 1. The average Bonchev–Trinajstić information content (AvgIpc) is 2.31. The van der Waals surface area contributed by atoms with Crippen LogP contribution in [0.15, 0.2) is 24.3 Å². The van der Waals surface area contributed by atoms with Crippen LogP contribution in [0.2, 0.25) is 0 Å². The highest BCUT2D eigenvalue weighted by Gasteiger charge is 2.02. The molecule has 0 saturated carbocycles. The zero-order chi connectivity index (χ0) is 11.1. The van der Waals surface area contributed by atoms with Crippen molar-refractivity contribution in [1.29, 1.82) is 5.26 Å². The van der Waals surface area contributed by atoms with Gasteiger partial charge in [-0.05, 0) is 30.5 Å². The molecule has 80 valence electrons. The second-order valence-electron chi connectivity index (χ2n) is 3.71. The van der Waals surface area contributed by atoms with E-state index in [-0.39, 0.29) is 0 Å². The summed E-state index contributed by atoms with van der Waals surface area (Å²) < 4.78 is 0. The minimum atomic E-state index is 0.579. The van der Waals surface area contributed by atoms with Gasteiger partial charge in [-0.2, -0.15) is 5.26 Å². The van der Waals surface area contributed by atoms with Crippen LogP contribution < -0.4 is 5.32 Å². The zero-order valence-corrected chi connectivity index (χ0v) is 9.46. The Morgan fingerprint density at radius 2 is 2.07 bits per heavy atom. The zero-order valence-electron chi connectivity index (χ0n) is 9.46. The van der Waals surface area contributed by atoms with E-state index in [0.717, 1.165) is 24.9 Å². The lowest BCUT2D eigenvalue weighted by atomic mass is 10.1. The van der Waals surface area contributed by atoms with Crippen molar-refractivity contribution < 1.29 is 0 Å². The van der Waals surface area contributed by atoms with Gasteiger partial charge in [0.05, 0.1) is 11.6 Å². The summed E-state index contributed by atoms with van der Waals surface area (Å²) in [5, 5.41) is 12.2. The third kappa shape index (κ3) is 3.73. The van der Waals surface area contributed by atoms with Gasteiger partial charge in [0.1, 0.15) is 0 Å². The Balaban J connectivity index is 2.54. The van der Waals surface area contributed by atoms with Gasteiger partial charge in [0, 0.05) is 12.6 Å². The Morgan fingerprint density at radius 1 is 1.33 bits per heavy atom. The maximum absolute atomic E-state index is 8.76. The van der Waals surface area contributed by atoms with Crippen LogP contribution in [0.4, 0.5) is 0 Å². The van der Waals surface area contributed by atoms with Gasteiger partial charge in [0.25, 0.3) is 0 Å². The summed E-state index contributed by atoms with van der Waals surface area (Å²) in [6.45, 7) is 5.22. The van der Waals surface area contributed by atoms with Crippen molar-refractivity contribution in [3.63, 3.8) is 0 Å². The molecule has 1 aromatic rings. The Hall–Kier alpha value is -1.33. The van der Waals surface area contributed by atoms with Crippen molar-refractivity contribution in [1.82, 2.24) is 5.32 Å². The van der Waals surface area contributed by atoms with Crippen molar-refractivity contribution in [2.45, 2.75) is 39.3 Å². The summed E-state index contributed by atoms with van der Waals surface area (Å²) in [4.78, 5) is 0. The van der Waals surface area contributed by atoms with E-state index in [4.69, 9.17) is 5.26 Å². The van der Waals surface area contributed by atoms with Gasteiger partial charge in [0.15, 0.2) is 0 Å². The molecular formula is C13H18N2. The average molecular weight is 202 g/mol. The summed E-state index contributed by atoms with van der Waals surface area (Å²) >= 11 is 0. The van der Waals surface area contributed by atoms with Crippen LogP contribution in [0.3, 0.4) is 0 Å². The number of rotatable bonds is 5. The molecule has 0 unspecified atom stereocenters. The first-order chi connectivity index (χ1) is 7.30. The maximum atomic E-state index is 8.76. The molecule has 0 aliphatic rings. The third-order valence-corrected chi connectivity index (χ3v) is 2.64. The summed E-state index contributed by atoms with van der Waals surface area (Å²) in [5.41, 5.74) is 1.92. The topological polar surface area (TPSA) is 35.8 Å². The molecule has 2 nitrogen and oxygen atoms in total. The maximum Gasteiger partial charge on any atom is 0.0991 e. The van der Waals surface area contributed by atoms with Gasteiger partial charge in [-0.3, -0.25) is 0 Å². The fourth-order valence-corrected chi connectivity index (χ4v) is 1.59. The Morgan fingerprint density at radius 3 is 2.67 bits per heavy atom. The quantitative estimate of drug-likeness (QED) is 0.797. The van der Waals surface area contributed by atoms with Crippen molar-refractivity contribution in [3.05, 3.63) is 35.4 Å². The molecule has 1 N–H and O–H groups in total. The van der Waals surface area contributed by atoms with Gasteiger partial charge < -0.3 is 5.32 Å². The van der Waals surface area contributed by atoms with Crippen LogP contribution in [0.1, 0.15) is 37.8 Å². The van der Waals surface area contributed by atoms with Crippen molar-refractivity contribution >= 4 is 0 Å². The van der Waals surface area contributed by atoms with Gasteiger partial charge in [0.2, 0.25) is 0 Å². The fourth-order valence-electron chi connectivity index (χ4n) is 1.59. The minimum absolute atomic E-state index is 0.579. The van der Waals surface area contributed by atoms with Crippen LogP contribution in [-0.4, -0.2) is 6.04 Å². The monoisotopic (exact) mass is 202 g/mol. The van der Waals surface area contributed by atoms with Gasteiger partial charge in [-0.1, -0.05) is 26.0 Å². The highest BCUT2D eigenvalue weighted by molar-refractivity contribution is 5.32. The van der Waals surface area contributed by atoms with E-state index in [1.807, 2.05) is 18.2 Å². The molecule has 0 aromatic heterocycles. The molecule has 1 rings (SSSR count). The Kier molecular flexibility index (Phi) is 4.86. The Labute approximate surface area is 91.9 Å². The number of hydrogen-bond acceptors (Lipinski definition) is 2. The van der Waals surface area contributed by atoms with Gasteiger partial charge in [-0.15, -0.1) is 0 Å². The van der Waals surface area contributed by atoms with Crippen molar-refractivity contribution in [2.75, 3.05) is 0 Å². The lowest BCUT2D eigenvalue weighted by Crippen LogP contribution is -2.26. The molecule has 15 heavy (non-hydrogen) atoms. The highest BCUT2D eigenvalue weighted by Crippen LogP contribution is 2.05. The smallest absolute Gasteiger partial charge is 0.0991 e. The first-order valence-electron chi connectivity index (χ1n) is 5.52. The van der Waals surface area contributed by atoms with Crippen molar-refractivity contribution in [3.8, 4) is 6.07 Å². The standard InChI is InChI=1S/C13H18N2/c1-3-13(4-2)15-10-12-7-5-6-11(8-12)9-14/h5-8,13,15H,3-4,10H2,1-2H3. The van der Waals surface area contributed by atoms with E-state index >= 15 is 0 Å². The summed E-state index contributed by atoms with van der Waals surface area (Å²) in [7, 11) is 0. The molecule has 0 aliphatic carbocycles. The van der Waals surface area contributed by atoms with E-state index in [1.54, 1.807) is 0 Å². The molecule has 0 amide bonds. The minimum Gasteiger partial charge on any atom is -0.310 e. The molecule has 0 heterocycles. The normalized spacial score (nSPS) is 10.3. The molecule has 0 bridgehead atoms. The first kappa shape index (κ1) is 11.7. The largest absolute Gasteiger partial charge is 0.310 e. The fraction of sp³-hybridized carbons (Fsp3) is 0.462. The number of benzene rings is 1. The van der Waals surface area contributed by atoms with Crippen LogP contribution >= 0.6 is 0 Å². The number of nitrogens with one attached hydrogen (secondary N) is 1. The van der Waals surface area contributed by atoms with Crippen LogP contribution in [0.25, 0.3) is 0 Å². The summed E-state index contributed by atoms with van der Waals surface area (Å²) in [6.07, 6.45) is 2.29. The van der Waals surface area contributed by atoms with E-state index in [9.17, 15) is 0 Å². The molecule has 0 fully saturated rings. The molecular weight excluding hydrogens is 184 g/mol. The first-order valence-corrected chi connectivity index (χ1v) is 5.52. The second-order valence-corrected chi connectivity index (χ2v) is 3.71. The van der Waals surface area contributed by atoms with Gasteiger partial charge >= 0.3 is 0 Å². The third-order valence-electron chi connectivity index (χ3n) is 2.64. The second kappa shape index (κ2) is 6.21. The van der Waals surface area contributed by atoms with Crippen LogP contribution in [-0.2, 0) is 6.54 Å². The molecule has 1 aromatic carbocycles. The van der Waals surface area contributed by atoms with Gasteiger partial charge in [-0.25, -0.2) is 0 Å².